The Bertz CT molecular complexity index is 757. The van der Waals surface area contributed by atoms with Crippen molar-refractivity contribution in [2.45, 2.75) is 26.0 Å². The van der Waals surface area contributed by atoms with Gasteiger partial charge >= 0.3 is 0 Å². The highest BCUT2D eigenvalue weighted by Crippen LogP contribution is 2.30. The van der Waals surface area contributed by atoms with Crippen LogP contribution in [0.3, 0.4) is 0 Å². The number of carbonyl (C=O) groups excluding carboxylic acids is 2. The van der Waals surface area contributed by atoms with Gasteiger partial charge < -0.3 is 9.64 Å². The van der Waals surface area contributed by atoms with Crippen LogP contribution >= 0.6 is 11.3 Å². The molecule has 0 bridgehead atoms. The van der Waals surface area contributed by atoms with Gasteiger partial charge in [0.2, 0.25) is 5.91 Å². The third-order valence-electron chi connectivity index (χ3n) is 4.01. The van der Waals surface area contributed by atoms with Crippen LogP contribution in [0.15, 0.2) is 30.5 Å². The number of anilines is 1. The average Bonchev–Trinajstić information content (AvgIpc) is 2.96. The van der Waals surface area contributed by atoms with Gasteiger partial charge in [-0.3, -0.25) is 14.9 Å². The maximum Gasteiger partial charge on any atom is 0.257 e. The Labute approximate surface area is 144 Å². The van der Waals surface area contributed by atoms with Crippen LogP contribution in [-0.4, -0.2) is 41.5 Å². The summed E-state index contributed by atoms with van der Waals surface area (Å²) in [5, 5.41) is 3.32. The van der Waals surface area contributed by atoms with Crippen molar-refractivity contribution in [1.82, 2.24) is 9.88 Å². The maximum atomic E-state index is 12.7. The molecule has 126 valence electrons. The van der Waals surface area contributed by atoms with Gasteiger partial charge in [0.05, 0.1) is 6.04 Å². The molecule has 2 heterocycles. The van der Waals surface area contributed by atoms with Crippen LogP contribution in [-0.2, 0) is 14.3 Å². The van der Waals surface area contributed by atoms with E-state index in [-0.39, 0.29) is 18.4 Å². The number of carbonyl (C=O) groups is 2. The molecule has 2 atom stereocenters. The molecule has 2 unspecified atom stereocenters. The van der Waals surface area contributed by atoms with E-state index in [9.17, 15) is 9.59 Å². The molecule has 7 heteroatoms. The Hall–Kier alpha value is -2.25. The lowest BCUT2D eigenvalue weighted by Crippen LogP contribution is -2.51. The standard InChI is InChI=1S/C17H19N3O3S/c1-10-4-6-12(7-5-10)14-15(23-9-13(21)20(14)3)16(22)19-17-18-8-11(2)24-17/h4-8,14-15H,9H2,1-3H3,(H,18,19,22). The summed E-state index contributed by atoms with van der Waals surface area (Å²) in [6, 6.07) is 7.30. The molecule has 2 amide bonds. The molecule has 0 radical (unpaired) electrons. The summed E-state index contributed by atoms with van der Waals surface area (Å²) >= 11 is 1.40. The molecular formula is C17H19N3O3S. The number of benzene rings is 1. The minimum absolute atomic E-state index is 0.103. The number of ether oxygens (including phenoxy) is 1. The number of likely N-dealkylation sites (N-methyl/N-ethyl adjacent to an activating group) is 1. The van der Waals surface area contributed by atoms with Crippen molar-refractivity contribution in [2.24, 2.45) is 0 Å². The second kappa shape index (κ2) is 6.70. The molecule has 2 aromatic rings. The predicted octanol–water partition coefficient (Wildman–Crippen LogP) is 2.30. The number of hydrogen-bond acceptors (Lipinski definition) is 5. The molecule has 0 aliphatic carbocycles. The number of thiazole rings is 1. The van der Waals surface area contributed by atoms with Crippen molar-refractivity contribution in [1.29, 1.82) is 0 Å². The summed E-state index contributed by atoms with van der Waals surface area (Å²) in [6.45, 7) is 3.81. The molecule has 24 heavy (non-hydrogen) atoms. The quantitative estimate of drug-likeness (QED) is 0.926. The molecular weight excluding hydrogens is 326 g/mol. The molecule has 1 fully saturated rings. The van der Waals surface area contributed by atoms with E-state index < -0.39 is 12.1 Å². The molecule has 0 saturated carbocycles. The zero-order valence-electron chi connectivity index (χ0n) is 13.8. The number of nitrogens with zero attached hydrogens (tertiary/aromatic N) is 2. The molecule has 6 nitrogen and oxygen atoms in total. The van der Waals surface area contributed by atoms with Crippen LogP contribution in [0, 0.1) is 13.8 Å². The van der Waals surface area contributed by atoms with E-state index in [2.05, 4.69) is 10.3 Å². The van der Waals surface area contributed by atoms with Crippen LogP contribution < -0.4 is 5.32 Å². The summed E-state index contributed by atoms with van der Waals surface area (Å²) in [4.78, 5) is 31.4. The normalized spacial score (nSPS) is 21.0. The Morgan fingerprint density at radius 1 is 1.33 bits per heavy atom. The second-order valence-corrected chi connectivity index (χ2v) is 7.09. The van der Waals surface area contributed by atoms with Gasteiger partial charge in [-0.05, 0) is 19.4 Å². The molecule has 1 aromatic carbocycles. The largest absolute Gasteiger partial charge is 0.356 e. The van der Waals surface area contributed by atoms with Gasteiger partial charge in [0.25, 0.3) is 5.91 Å². The van der Waals surface area contributed by atoms with E-state index in [0.717, 1.165) is 16.0 Å². The van der Waals surface area contributed by atoms with E-state index in [1.54, 1.807) is 18.1 Å². The van der Waals surface area contributed by atoms with Crippen LogP contribution in [0.2, 0.25) is 0 Å². The van der Waals surface area contributed by atoms with E-state index >= 15 is 0 Å². The van der Waals surface area contributed by atoms with E-state index in [1.165, 1.54) is 11.3 Å². The van der Waals surface area contributed by atoms with Crippen molar-refractivity contribution >= 4 is 28.3 Å². The number of morpholine rings is 1. The van der Waals surface area contributed by atoms with Gasteiger partial charge in [-0.25, -0.2) is 4.98 Å². The first-order valence-electron chi connectivity index (χ1n) is 7.63. The van der Waals surface area contributed by atoms with E-state index in [1.807, 2.05) is 38.1 Å². The average molecular weight is 345 g/mol. The minimum Gasteiger partial charge on any atom is -0.356 e. The molecule has 0 spiro atoms. The molecule has 1 aliphatic heterocycles. The maximum absolute atomic E-state index is 12.7. The number of nitrogens with one attached hydrogen (secondary N) is 1. The van der Waals surface area contributed by atoms with Crippen molar-refractivity contribution in [3.63, 3.8) is 0 Å². The Morgan fingerprint density at radius 3 is 2.67 bits per heavy atom. The zero-order chi connectivity index (χ0) is 17.3. The third kappa shape index (κ3) is 3.32. The molecule has 3 rings (SSSR count). The van der Waals surface area contributed by atoms with Crippen LogP contribution in [0.5, 0.6) is 0 Å². The lowest BCUT2D eigenvalue weighted by Gasteiger charge is -2.38. The van der Waals surface area contributed by atoms with Gasteiger partial charge in [-0.2, -0.15) is 0 Å². The lowest BCUT2D eigenvalue weighted by atomic mass is 9.97. The fraction of sp³-hybridized carbons (Fsp3) is 0.353. The van der Waals surface area contributed by atoms with Crippen LogP contribution in [0.1, 0.15) is 22.0 Å². The number of aromatic nitrogens is 1. The monoisotopic (exact) mass is 345 g/mol. The first-order valence-corrected chi connectivity index (χ1v) is 8.44. The summed E-state index contributed by atoms with van der Waals surface area (Å²) in [5.74, 6) is -0.441. The molecule has 1 N–H and O–H groups in total. The van der Waals surface area contributed by atoms with Gasteiger partial charge in [0.15, 0.2) is 11.2 Å². The number of amides is 2. The van der Waals surface area contributed by atoms with Crippen LogP contribution in [0.4, 0.5) is 5.13 Å². The summed E-state index contributed by atoms with van der Waals surface area (Å²) < 4.78 is 5.57. The van der Waals surface area contributed by atoms with Crippen molar-refractivity contribution in [2.75, 3.05) is 19.0 Å². The number of hydrogen-bond donors (Lipinski definition) is 1. The van der Waals surface area contributed by atoms with Crippen molar-refractivity contribution < 1.29 is 14.3 Å². The van der Waals surface area contributed by atoms with E-state index in [0.29, 0.717) is 5.13 Å². The van der Waals surface area contributed by atoms with Crippen molar-refractivity contribution in [3.8, 4) is 0 Å². The number of aryl methyl sites for hydroxylation is 2. The van der Waals surface area contributed by atoms with Gasteiger partial charge in [-0.15, -0.1) is 11.3 Å². The molecule has 1 aliphatic rings. The highest BCUT2D eigenvalue weighted by Gasteiger charge is 2.40. The van der Waals surface area contributed by atoms with Gasteiger partial charge in [0.1, 0.15) is 6.61 Å². The Morgan fingerprint density at radius 2 is 2.04 bits per heavy atom. The predicted molar refractivity (Wildman–Crippen MR) is 91.9 cm³/mol. The summed E-state index contributed by atoms with van der Waals surface area (Å²) in [5.41, 5.74) is 1.98. The second-order valence-electron chi connectivity index (χ2n) is 5.86. The molecule has 1 aromatic heterocycles. The number of rotatable bonds is 3. The van der Waals surface area contributed by atoms with Crippen LogP contribution in [0.25, 0.3) is 0 Å². The fourth-order valence-corrected chi connectivity index (χ4v) is 3.35. The minimum atomic E-state index is -0.778. The van der Waals surface area contributed by atoms with E-state index in [4.69, 9.17) is 4.74 Å². The summed E-state index contributed by atoms with van der Waals surface area (Å²) in [6.07, 6.45) is 0.925. The molecule has 1 saturated heterocycles. The summed E-state index contributed by atoms with van der Waals surface area (Å²) in [7, 11) is 1.70. The zero-order valence-corrected chi connectivity index (χ0v) is 14.6. The van der Waals surface area contributed by atoms with Gasteiger partial charge in [-0.1, -0.05) is 29.8 Å². The third-order valence-corrected chi connectivity index (χ3v) is 4.84. The highest BCUT2D eigenvalue weighted by atomic mass is 32.1. The first kappa shape index (κ1) is 16.6. The Balaban J connectivity index is 1.86. The fourth-order valence-electron chi connectivity index (χ4n) is 2.68. The topological polar surface area (TPSA) is 71.5 Å². The SMILES string of the molecule is Cc1ccc(C2C(C(=O)Nc3ncc(C)s3)OCC(=O)N2C)cc1. The first-order chi connectivity index (χ1) is 11.5. The smallest absolute Gasteiger partial charge is 0.257 e. The van der Waals surface area contributed by atoms with Crippen molar-refractivity contribution in [3.05, 3.63) is 46.5 Å². The highest BCUT2D eigenvalue weighted by molar-refractivity contribution is 7.15. The Kier molecular flexibility index (Phi) is 4.64. The van der Waals surface area contributed by atoms with Gasteiger partial charge in [0, 0.05) is 18.1 Å². The lowest BCUT2D eigenvalue weighted by molar-refractivity contribution is -0.160.